The van der Waals surface area contributed by atoms with Gasteiger partial charge in [-0.05, 0) is 40.5 Å². The lowest BCUT2D eigenvalue weighted by molar-refractivity contribution is -0.168. The summed E-state index contributed by atoms with van der Waals surface area (Å²) in [6, 6.07) is 0. The van der Waals surface area contributed by atoms with Gasteiger partial charge in [-0.1, -0.05) is 22.6 Å². The van der Waals surface area contributed by atoms with Crippen molar-refractivity contribution >= 4 is 40.6 Å². The van der Waals surface area contributed by atoms with E-state index in [1.165, 1.54) is 9.80 Å². The van der Waals surface area contributed by atoms with Gasteiger partial charge in [0, 0.05) is 6.54 Å². The summed E-state index contributed by atoms with van der Waals surface area (Å²) in [4.78, 5) is 39.7. The van der Waals surface area contributed by atoms with Gasteiger partial charge in [-0.25, -0.2) is 4.79 Å². The predicted molar refractivity (Wildman–Crippen MR) is 91.1 cm³/mol. The number of alkyl halides is 1. The highest BCUT2D eigenvalue weighted by molar-refractivity contribution is 14.1. The van der Waals surface area contributed by atoms with E-state index in [0.29, 0.717) is 13.0 Å². The van der Waals surface area contributed by atoms with Crippen molar-refractivity contribution in [2.75, 3.05) is 19.7 Å². The molecule has 7 nitrogen and oxygen atoms in total. The molecular weight excluding hydrogens is 415 g/mol. The van der Waals surface area contributed by atoms with Crippen molar-refractivity contribution in [3.8, 4) is 0 Å². The Morgan fingerprint density at radius 2 is 2.04 bits per heavy atom. The highest BCUT2D eigenvalue weighted by Gasteiger charge is 2.66. The van der Waals surface area contributed by atoms with Gasteiger partial charge in [-0.2, -0.15) is 0 Å². The predicted octanol–water partition coefficient (Wildman–Crippen LogP) is 1.92. The van der Waals surface area contributed by atoms with Crippen LogP contribution in [0, 0.1) is 0 Å². The Kier molecular flexibility index (Phi) is 5.12. The summed E-state index contributed by atoms with van der Waals surface area (Å²) in [5.74, 6) is -0.632. The molecule has 2 atom stereocenters. The molecule has 0 radical (unpaired) electrons. The summed E-state index contributed by atoms with van der Waals surface area (Å²) in [6.45, 7) is 7.81. The molecule has 1 spiro atoms. The third-order valence-electron chi connectivity index (χ3n) is 3.94. The summed E-state index contributed by atoms with van der Waals surface area (Å²) in [5.41, 5.74) is -1.49. The fraction of sp³-hybridized carbons (Fsp3) is 0.800. The molecule has 8 heteroatoms. The fourth-order valence-electron chi connectivity index (χ4n) is 3.03. The Morgan fingerprint density at radius 3 is 2.57 bits per heavy atom. The molecule has 0 aliphatic carbocycles. The number of amides is 2. The quantitative estimate of drug-likeness (QED) is 0.221. The first-order valence-corrected chi connectivity index (χ1v) is 8.99. The van der Waals surface area contributed by atoms with Crippen LogP contribution >= 0.6 is 22.6 Å². The van der Waals surface area contributed by atoms with Gasteiger partial charge in [0.15, 0.2) is 5.54 Å². The standard InChI is InChI=1S/C15H23IN2O5/c1-5-22-10(19)9-17-11(16)15(12(17)20)7-6-8-18(15)13(21)23-14(2,3)4/h11H,5-9H2,1-4H3. The lowest BCUT2D eigenvalue weighted by Gasteiger charge is -2.54. The SMILES string of the molecule is CCOC(=O)CN1C(=O)C2(CCCN2C(=O)OC(C)(C)C)C1I. The molecule has 0 aromatic rings. The van der Waals surface area contributed by atoms with E-state index < -0.39 is 23.2 Å². The van der Waals surface area contributed by atoms with E-state index in [-0.39, 0.29) is 23.1 Å². The number of esters is 1. The molecule has 2 amide bonds. The largest absolute Gasteiger partial charge is 0.465 e. The van der Waals surface area contributed by atoms with E-state index in [1.807, 2.05) is 0 Å². The molecule has 0 bridgehead atoms. The lowest BCUT2D eigenvalue weighted by atomic mass is 9.85. The van der Waals surface area contributed by atoms with Crippen LogP contribution in [0.15, 0.2) is 0 Å². The molecule has 2 aliphatic heterocycles. The average Bonchev–Trinajstić information content (AvgIpc) is 2.89. The molecule has 130 valence electrons. The zero-order valence-electron chi connectivity index (χ0n) is 13.9. The maximum atomic E-state index is 12.7. The van der Waals surface area contributed by atoms with Gasteiger partial charge in [0.1, 0.15) is 16.2 Å². The molecular formula is C15H23IN2O5. The number of rotatable bonds is 3. The molecule has 2 rings (SSSR count). The molecule has 2 aliphatic rings. The van der Waals surface area contributed by atoms with Crippen molar-refractivity contribution in [2.24, 2.45) is 0 Å². The van der Waals surface area contributed by atoms with E-state index in [4.69, 9.17) is 9.47 Å². The monoisotopic (exact) mass is 438 g/mol. The number of nitrogens with zero attached hydrogens (tertiary/aromatic N) is 2. The third kappa shape index (κ3) is 3.27. The Hall–Kier alpha value is -1.06. The van der Waals surface area contributed by atoms with Crippen molar-refractivity contribution < 1.29 is 23.9 Å². The maximum absolute atomic E-state index is 12.7. The van der Waals surface area contributed by atoms with Crippen molar-refractivity contribution in [1.82, 2.24) is 9.80 Å². The first-order chi connectivity index (χ1) is 10.6. The normalized spacial score (nSPS) is 27.2. The van der Waals surface area contributed by atoms with E-state index in [1.54, 1.807) is 27.7 Å². The van der Waals surface area contributed by atoms with Crippen LogP contribution in [-0.4, -0.2) is 62.7 Å². The minimum Gasteiger partial charge on any atom is -0.465 e. The zero-order chi connectivity index (χ0) is 17.4. The number of ether oxygens (including phenoxy) is 2. The van der Waals surface area contributed by atoms with Crippen LogP contribution < -0.4 is 0 Å². The van der Waals surface area contributed by atoms with Crippen LogP contribution in [0.25, 0.3) is 0 Å². The number of likely N-dealkylation sites (tertiary alicyclic amines) is 2. The minimum atomic E-state index is -0.880. The van der Waals surface area contributed by atoms with Crippen LogP contribution in [0.1, 0.15) is 40.5 Å². The molecule has 0 N–H and O–H groups in total. The number of carbonyl (C=O) groups is 3. The number of hydrogen-bond donors (Lipinski definition) is 0. The Labute approximate surface area is 149 Å². The first kappa shape index (κ1) is 18.3. The number of β-lactam (4-membered cyclic amide) rings is 1. The summed E-state index contributed by atoms with van der Waals surface area (Å²) in [6.07, 6.45) is 0.872. The lowest BCUT2D eigenvalue weighted by Crippen LogP contribution is -2.77. The number of carbonyl (C=O) groups excluding carboxylic acids is 3. The summed E-state index contributed by atoms with van der Waals surface area (Å²) in [5, 5.41) is 0. The molecule has 2 unspecified atom stereocenters. The smallest absolute Gasteiger partial charge is 0.411 e. The zero-order valence-corrected chi connectivity index (χ0v) is 16.1. The van der Waals surface area contributed by atoms with Gasteiger partial charge in [0.05, 0.1) is 6.61 Å². The van der Waals surface area contributed by atoms with Crippen molar-refractivity contribution in [2.45, 2.75) is 55.7 Å². The third-order valence-corrected chi connectivity index (χ3v) is 5.64. The summed E-state index contributed by atoms with van der Waals surface area (Å²) in [7, 11) is 0. The van der Waals surface area contributed by atoms with E-state index in [0.717, 1.165) is 6.42 Å². The molecule has 23 heavy (non-hydrogen) atoms. The van der Waals surface area contributed by atoms with Crippen LogP contribution in [0.4, 0.5) is 4.79 Å². The molecule has 2 fully saturated rings. The van der Waals surface area contributed by atoms with Crippen molar-refractivity contribution in [3.63, 3.8) is 0 Å². The summed E-state index contributed by atoms with van der Waals surface area (Å²) >= 11 is 2.12. The van der Waals surface area contributed by atoms with Crippen LogP contribution in [0.5, 0.6) is 0 Å². The van der Waals surface area contributed by atoms with Crippen molar-refractivity contribution in [1.29, 1.82) is 0 Å². The average molecular weight is 438 g/mol. The number of hydrogen-bond acceptors (Lipinski definition) is 5. The van der Waals surface area contributed by atoms with Gasteiger partial charge in [0.2, 0.25) is 0 Å². The second-order valence-electron chi connectivity index (χ2n) is 6.73. The second-order valence-corrected chi connectivity index (χ2v) is 7.91. The topological polar surface area (TPSA) is 76.2 Å². The molecule has 0 aromatic heterocycles. The second kappa shape index (κ2) is 6.45. The van der Waals surface area contributed by atoms with Gasteiger partial charge >= 0.3 is 12.1 Å². The maximum Gasteiger partial charge on any atom is 0.411 e. The Bertz CT molecular complexity index is 518. The van der Waals surface area contributed by atoms with Gasteiger partial charge in [-0.15, -0.1) is 0 Å². The van der Waals surface area contributed by atoms with E-state index >= 15 is 0 Å². The molecule has 2 saturated heterocycles. The highest BCUT2D eigenvalue weighted by atomic mass is 127. The Balaban J connectivity index is 2.11. The van der Waals surface area contributed by atoms with E-state index in [2.05, 4.69) is 22.6 Å². The van der Waals surface area contributed by atoms with Gasteiger partial charge < -0.3 is 14.4 Å². The van der Waals surface area contributed by atoms with Gasteiger partial charge in [-0.3, -0.25) is 14.5 Å². The van der Waals surface area contributed by atoms with Crippen LogP contribution in [-0.2, 0) is 19.1 Å². The van der Waals surface area contributed by atoms with Crippen molar-refractivity contribution in [3.05, 3.63) is 0 Å². The van der Waals surface area contributed by atoms with Gasteiger partial charge in [0.25, 0.3) is 5.91 Å². The fourth-order valence-corrected chi connectivity index (χ4v) is 4.39. The van der Waals surface area contributed by atoms with Crippen LogP contribution in [0.2, 0.25) is 0 Å². The highest BCUT2D eigenvalue weighted by Crippen LogP contribution is 2.47. The van der Waals surface area contributed by atoms with Crippen LogP contribution in [0.3, 0.4) is 0 Å². The molecule has 0 saturated carbocycles. The number of halogens is 1. The first-order valence-electron chi connectivity index (χ1n) is 7.75. The Morgan fingerprint density at radius 1 is 1.39 bits per heavy atom. The van der Waals surface area contributed by atoms with E-state index in [9.17, 15) is 14.4 Å². The minimum absolute atomic E-state index is 0.0792. The molecule has 0 aromatic carbocycles. The molecule has 2 heterocycles. The summed E-state index contributed by atoms with van der Waals surface area (Å²) < 4.78 is 10.1.